The molecule has 0 spiro atoms. The molecule has 8 heteroatoms. The van der Waals surface area contributed by atoms with Gasteiger partial charge in [-0.25, -0.2) is 0 Å². The van der Waals surface area contributed by atoms with Gasteiger partial charge in [-0.15, -0.1) is 0 Å². The third kappa shape index (κ3) is 8.49. The van der Waals surface area contributed by atoms with Crippen LogP contribution in [-0.4, -0.2) is 62.1 Å². The summed E-state index contributed by atoms with van der Waals surface area (Å²) in [5.74, 6) is 0.104. The Morgan fingerprint density at radius 2 is 1.73 bits per heavy atom. The zero-order valence-corrected chi connectivity index (χ0v) is 25.9. The summed E-state index contributed by atoms with van der Waals surface area (Å²) in [4.78, 5) is 29.6. The minimum atomic E-state index is -3.12. The molecule has 2 heterocycles. The van der Waals surface area contributed by atoms with Crippen molar-refractivity contribution in [3.63, 3.8) is 0 Å². The van der Waals surface area contributed by atoms with E-state index in [-0.39, 0.29) is 48.9 Å². The highest BCUT2D eigenvalue weighted by Crippen LogP contribution is 2.47. The molecule has 0 saturated carbocycles. The van der Waals surface area contributed by atoms with E-state index in [4.69, 9.17) is 4.74 Å². The van der Waals surface area contributed by atoms with E-state index < -0.39 is 14.5 Å². The highest BCUT2D eigenvalue weighted by molar-refractivity contribution is 6.72. The van der Waals surface area contributed by atoms with Crippen LogP contribution in [0, 0.1) is 5.92 Å². The van der Waals surface area contributed by atoms with Gasteiger partial charge in [0, 0.05) is 37.3 Å². The second-order valence-electron chi connectivity index (χ2n) is 12.3. The summed E-state index contributed by atoms with van der Waals surface area (Å²) in [5, 5.41) is 9.60. The van der Waals surface area contributed by atoms with Gasteiger partial charge in [0.15, 0.2) is 0 Å². The van der Waals surface area contributed by atoms with Crippen molar-refractivity contribution in [1.29, 1.82) is 0 Å². The van der Waals surface area contributed by atoms with E-state index in [0.29, 0.717) is 13.0 Å². The molecule has 0 bridgehead atoms. The number of hydrogen-bond acceptors (Lipinski definition) is 4. The first-order chi connectivity index (χ1) is 19.7. The molecule has 4 atom stereocenters. The summed E-state index contributed by atoms with van der Waals surface area (Å²) < 4.78 is 22.1. The summed E-state index contributed by atoms with van der Waals surface area (Å²) in [6, 6.07) is 18.0. The van der Waals surface area contributed by atoms with Crippen LogP contribution in [0.15, 0.2) is 54.6 Å². The predicted octanol–water partition coefficient (Wildman–Crippen LogP) is 6.28. The Balaban J connectivity index is 1.39. The Morgan fingerprint density at radius 3 is 2.41 bits per heavy atom. The average molecular weight is 583 g/mol. The lowest BCUT2D eigenvalue weighted by Gasteiger charge is -2.30. The van der Waals surface area contributed by atoms with Crippen molar-refractivity contribution in [2.45, 2.75) is 95.7 Å². The van der Waals surface area contributed by atoms with E-state index in [0.717, 1.165) is 55.5 Å². The number of aliphatic hydroxyl groups is 1. The van der Waals surface area contributed by atoms with Gasteiger partial charge in [-0.2, -0.15) is 0 Å². The van der Waals surface area contributed by atoms with Crippen LogP contribution in [0.3, 0.4) is 0 Å². The summed E-state index contributed by atoms with van der Waals surface area (Å²) >= 11 is 0. The largest absolute Gasteiger partial charge is 0.395 e. The number of ether oxygens (including phenoxy) is 1. The standard InChI is InChI=1S/C33H47FN2O4Si/c1-25-29(19-16-26-14-17-28(18-15-26)36-20-10-5-4-9-13-31(36)38)40-30(33(25)41(2,3)34)23-32(39)35(21-22-37)24-27-11-7-6-8-12-27/h6-8,11-12,14-15,17-18,25,29-30,33,37H,4-5,9-10,13,16,19-24H2,1-3H3/t25-,29+,30-,33+/m1/s1. The fraction of sp³-hybridized carbons (Fsp3) is 0.576. The number of carbonyl (C=O) groups excluding carboxylic acids is 2. The highest BCUT2D eigenvalue weighted by Gasteiger charge is 2.51. The third-order valence-electron chi connectivity index (χ3n) is 8.80. The molecule has 6 nitrogen and oxygen atoms in total. The van der Waals surface area contributed by atoms with Gasteiger partial charge in [-0.3, -0.25) is 9.59 Å². The molecule has 4 rings (SSSR count). The first-order valence-corrected chi connectivity index (χ1v) is 18.3. The Kier molecular flexibility index (Phi) is 11.1. The van der Waals surface area contributed by atoms with E-state index in [9.17, 15) is 14.7 Å². The quantitative estimate of drug-likeness (QED) is 0.250. The molecule has 0 aromatic heterocycles. The molecular formula is C33H47FN2O4Si. The van der Waals surface area contributed by atoms with Crippen LogP contribution in [0.4, 0.5) is 9.80 Å². The lowest BCUT2D eigenvalue weighted by Crippen LogP contribution is -2.40. The van der Waals surface area contributed by atoms with Crippen LogP contribution in [0.25, 0.3) is 0 Å². The molecule has 0 unspecified atom stereocenters. The molecule has 0 radical (unpaired) electrons. The van der Waals surface area contributed by atoms with Gasteiger partial charge in [-0.05, 0) is 68.0 Å². The minimum absolute atomic E-state index is 0.0119. The van der Waals surface area contributed by atoms with Crippen molar-refractivity contribution in [2.75, 3.05) is 24.6 Å². The van der Waals surface area contributed by atoms with Crippen LogP contribution in [0.5, 0.6) is 0 Å². The fourth-order valence-electron chi connectivity index (χ4n) is 6.68. The van der Waals surface area contributed by atoms with Crippen molar-refractivity contribution in [3.8, 4) is 0 Å². The lowest BCUT2D eigenvalue weighted by molar-refractivity contribution is -0.135. The first-order valence-electron chi connectivity index (χ1n) is 15.3. The van der Waals surface area contributed by atoms with Gasteiger partial charge in [0.25, 0.3) is 0 Å². The van der Waals surface area contributed by atoms with E-state index in [1.807, 2.05) is 47.4 Å². The molecule has 224 valence electrons. The van der Waals surface area contributed by atoms with E-state index in [1.165, 1.54) is 6.42 Å². The van der Waals surface area contributed by atoms with Crippen molar-refractivity contribution in [1.82, 2.24) is 4.90 Å². The number of benzene rings is 2. The van der Waals surface area contributed by atoms with Gasteiger partial charge in [0.2, 0.25) is 20.2 Å². The SMILES string of the molecule is C[C@H]1[C@H]([Si](C)(C)F)[C@@H](CC(=O)N(CCO)Cc2ccccc2)O[C@H]1CCc1ccc(N2CCCCCCC2=O)cc1. The van der Waals surface area contributed by atoms with Crippen molar-refractivity contribution < 1.29 is 23.5 Å². The first kappa shape index (κ1) is 31.4. The maximum atomic E-state index is 15.6. The highest BCUT2D eigenvalue weighted by atomic mass is 28.4. The second kappa shape index (κ2) is 14.6. The Labute approximate surface area is 246 Å². The Morgan fingerprint density at radius 1 is 1.02 bits per heavy atom. The van der Waals surface area contributed by atoms with Crippen LogP contribution < -0.4 is 4.90 Å². The molecular weight excluding hydrogens is 535 g/mol. The molecule has 2 aromatic rings. The molecule has 2 aromatic carbocycles. The molecule has 2 fully saturated rings. The smallest absolute Gasteiger partial charge is 0.246 e. The predicted molar refractivity (Wildman–Crippen MR) is 164 cm³/mol. The zero-order valence-electron chi connectivity index (χ0n) is 24.9. The van der Waals surface area contributed by atoms with Crippen LogP contribution in [0.2, 0.25) is 18.6 Å². The number of aryl methyl sites for hydroxylation is 1. The molecule has 0 aliphatic carbocycles. The van der Waals surface area contributed by atoms with Crippen LogP contribution >= 0.6 is 0 Å². The maximum Gasteiger partial charge on any atom is 0.246 e. The minimum Gasteiger partial charge on any atom is -0.395 e. The number of nitrogens with zero attached hydrogens (tertiary/aromatic N) is 2. The maximum absolute atomic E-state index is 15.6. The Hall–Kier alpha value is -2.55. The number of carbonyl (C=O) groups is 2. The van der Waals surface area contributed by atoms with Gasteiger partial charge in [-0.1, -0.05) is 62.2 Å². The summed E-state index contributed by atoms with van der Waals surface area (Å²) in [6.07, 6.45) is 5.97. The molecule has 2 aliphatic rings. The van der Waals surface area contributed by atoms with E-state index >= 15 is 4.11 Å². The zero-order chi connectivity index (χ0) is 29.4. The third-order valence-corrected chi connectivity index (χ3v) is 11.3. The number of hydrogen-bond donors (Lipinski definition) is 1. The summed E-state index contributed by atoms with van der Waals surface area (Å²) in [7, 11) is -3.12. The Bertz CT molecular complexity index is 1120. The molecule has 2 aliphatic heterocycles. The average Bonchev–Trinajstić information content (AvgIpc) is 3.25. The number of anilines is 1. The van der Waals surface area contributed by atoms with Crippen LogP contribution in [0.1, 0.15) is 63.0 Å². The van der Waals surface area contributed by atoms with Crippen LogP contribution in [-0.2, 0) is 27.3 Å². The lowest BCUT2D eigenvalue weighted by atomic mass is 9.95. The fourth-order valence-corrected chi connectivity index (χ4v) is 9.22. The normalized spacial score (nSPS) is 23.7. The van der Waals surface area contributed by atoms with Crippen molar-refractivity contribution in [3.05, 3.63) is 65.7 Å². The summed E-state index contributed by atoms with van der Waals surface area (Å²) in [5.41, 5.74) is 2.84. The van der Waals surface area contributed by atoms with E-state index in [2.05, 4.69) is 19.1 Å². The number of amides is 2. The number of rotatable bonds is 11. The van der Waals surface area contributed by atoms with Gasteiger partial charge >= 0.3 is 0 Å². The monoisotopic (exact) mass is 582 g/mol. The molecule has 41 heavy (non-hydrogen) atoms. The van der Waals surface area contributed by atoms with Crippen molar-refractivity contribution >= 4 is 25.9 Å². The number of aliphatic hydroxyl groups excluding tert-OH is 1. The second-order valence-corrected chi connectivity index (χ2v) is 16.1. The number of halogens is 1. The molecule has 2 amide bonds. The molecule has 1 N–H and O–H groups in total. The van der Waals surface area contributed by atoms with Gasteiger partial charge in [0.1, 0.15) is 0 Å². The van der Waals surface area contributed by atoms with E-state index in [1.54, 1.807) is 18.0 Å². The van der Waals surface area contributed by atoms with Gasteiger partial charge < -0.3 is 23.8 Å². The molecule has 2 saturated heterocycles. The summed E-state index contributed by atoms with van der Waals surface area (Å²) in [6.45, 7) is 6.80. The van der Waals surface area contributed by atoms with Gasteiger partial charge in [0.05, 0.1) is 25.2 Å². The topological polar surface area (TPSA) is 70.1 Å². The van der Waals surface area contributed by atoms with Crippen molar-refractivity contribution in [2.24, 2.45) is 5.92 Å².